The Bertz CT molecular complexity index is 1090. The summed E-state index contributed by atoms with van der Waals surface area (Å²) in [4.78, 5) is 33.2. The fraction of sp³-hybridized carbons (Fsp3) is 0.222. The van der Waals surface area contributed by atoms with E-state index in [1.54, 1.807) is 20.8 Å². The lowest BCUT2D eigenvalue weighted by Gasteiger charge is -2.23. The van der Waals surface area contributed by atoms with Crippen LogP contribution in [-0.4, -0.2) is 21.0 Å². The largest absolute Gasteiger partial charge is 0.452 e. The average Bonchev–Trinajstić information content (AvgIpc) is 2.56. The van der Waals surface area contributed by atoms with Crippen LogP contribution < -0.4 is 20.8 Å². The molecule has 0 aliphatic rings. The number of halogens is 1. The molecule has 0 aliphatic heterocycles. The SMILES string of the molecule is CC(C)(C)c1c(OC(N)=O)ccc(Oc2ccnc3ncc(=O)[nH]c23)c1F. The molecule has 0 aliphatic carbocycles. The molecule has 0 saturated heterocycles. The standard InChI is InChI=1S/C18H17FN4O4/c1-18(2,3)13-9(27-17(20)25)4-5-10(14(13)19)26-11-6-7-21-16-15(11)23-12(24)8-22-16/h4-8H,1-3H3,(H2,20,25)(H,23,24). The van der Waals surface area contributed by atoms with Crippen molar-refractivity contribution in [3.8, 4) is 17.2 Å². The van der Waals surface area contributed by atoms with E-state index in [9.17, 15) is 9.59 Å². The zero-order valence-electron chi connectivity index (χ0n) is 14.9. The number of rotatable bonds is 3. The van der Waals surface area contributed by atoms with Crippen LogP contribution in [0.15, 0.2) is 35.4 Å². The van der Waals surface area contributed by atoms with Gasteiger partial charge in [0.2, 0.25) is 0 Å². The van der Waals surface area contributed by atoms with Crippen molar-refractivity contribution in [2.45, 2.75) is 26.2 Å². The first-order chi connectivity index (χ1) is 12.7. The van der Waals surface area contributed by atoms with Crippen molar-refractivity contribution < 1.29 is 18.7 Å². The predicted molar refractivity (Wildman–Crippen MR) is 95.5 cm³/mol. The molecule has 1 amide bonds. The number of pyridine rings is 1. The van der Waals surface area contributed by atoms with Crippen molar-refractivity contribution in [2.75, 3.05) is 0 Å². The van der Waals surface area contributed by atoms with E-state index in [0.717, 1.165) is 6.20 Å². The van der Waals surface area contributed by atoms with Crippen LogP contribution in [0.1, 0.15) is 26.3 Å². The van der Waals surface area contributed by atoms with E-state index in [4.69, 9.17) is 15.2 Å². The molecule has 0 bridgehead atoms. The number of aromatic amines is 1. The lowest BCUT2D eigenvalue weighted by molar-refractivity contribution is 0.209. The summed E-state index contributed by atoms with van der Waals surface area (Å²) < 4.78 is 25.8. The van der Waals surface area contributed by atoms with Gasteiger partial charge in [0.25, 0.3) is 5.56 Å². The molecule has 0 fully saturated rings. The van der Waals surface area contributed by atoms with Gasteiger partial charge in [0.1, 0.15) is 11.3 Å². The minimum Gasteiger partial charge on any atom is -0.452 e. The minimum absolute atomic E-state index is 0.00881. The Kier molecular flexibility index (Phi) is 4.52. The van der Waals surface area contributed by atoms with Crippen molar-refractivity contribution in [3.05, 3.63) is 52.3 Å². The van der Waals surface area contributed by atoms with Gasteiger partial charge in [-0.05, 0) is 17.5 Å². The van der Waals surface area contributed by atoms with Gasteiger partial charge in [-0.2, -0.15) is 0 Å². The Hall–Kier alpha value is -3.49. The first-order valence-corrected chi connectivity index (χ1v) is 7.99. The molecule has 8 nitrogen and oxygen atoms in total. The summed E-state index contributed by atoms with van der Waals surface area (Å²) in [6, 6.07) is 4.18. The molecule has 2 aromatic heterocycles. The van der Waals surface area contributed by atoms with Crippen LogP contribution in [-0.2, 0) is 5.41 Å². The number of carbonyl (C=O) groups excluding carboxylic acids is 1. The van der Waals surface area contributed by atoms with Gasteiger partial charge in [-0.25, -0.2) is 19.2 Å². The van der Waals surface area contributed by atoms with Crippen molar-refractivity contribution in [1.82, 2.24) is 15.0 Å². The predicted octanol–water partition coefficient (Wildman–Crippen LogP) is 3.00. The highest BCUT2D eigenvalue weighted by Crippen LogP contribution is 2.39. The zero-order valence-corrected chi connectivity index (χ0v) is 14.9. The summed E-state index contributed by atoms with van der Waals surface area (Å²) in [6.45, 7) is 5.27. The fourth-order valence-electron chi connectivity index (χ4n) is 2.64. The summed E-state index contributed by atoms with van der Waals surface area (Å²) in [5, 5.41) is 0. The van der Waals surface area contributed by atoms with E-state index in [0.29, 0.717) is 0 Å². The number of fused-ring (bicyclic) bond motifs is 1. The van der Waals surface area contributed by atoms with E-state index in [1.165, 1.54) is 24.4 Å². The number of benzene rings is 1. The van der Waals surface area contributed by atoms with Crippen LogP contribution in [0.4, 0.5) is 9.18 Å². The van der Waals surface area contributed by atoms with Gasteiger partial charge in [0.15, 0.2) is 23.0 Å². The van der Waals surface area contributed by atoms with Crippen LogP contribution >= 0.6 is 0 Å². The van der Waals surface area contributed by atoms with Crippen LogP contribution in [0.2, 0.25) is 0 Å². The van der Waals surface area contributed by atoms with E-state index >= 15 is 4.39 Å². The fourth-order valence-corrected chi connectivity index (χ4v) is 2.64. The number of nitrogens with one attached hydrogen (secondary N) is 1. The van der Waals surface area contributed by atoms with Crippen molar-refractivity contribution >= 4 is 17.3 Å². The lowest BCUT2D eigenvalue weighted by Crippen LogP contribution is -2.21. The minimum atomic E-state index is -1.04. The van der Waals surface area contributed by atoms with Crippen LogP contribution in [0, 0.1) is 5.82 Å². The van der Waals surface area contributed by atoms with Crippen LogP contribution in [0.3, 0.4) is 0 Å². The van der Waals surface area contributed by atoms with E-state index in [2.05, 4.69) is 15.0 Å². The molecule has 0 radical (unpaired) electrons. The Morgan fingerprint density at radius 3 is 2.52 bits per heavy atom. The Morgan fingerprint density at radius 2 is 1.85 bits per heavy atom. The van der Waals surface area contributed by atoms with Gasteiger partial charge in [0, 0.05) is 17.8 Å². The molecular weight excluding hydrogens is 355 g/mol. The third-order valence-electron chi connectivity index (χ3n) is 3.69. The van der Waals surface area contributed by atoms with E-state index in [-0.39, 0.29) is 34.0 Å². The van der Waals surface area contributed by atoms with Crippen LogP contribution in [0.5, 0.6) is 17.2 Å². The molecule has 27 heavy (non-hydrogen) atoms. The maximum Gasteiger partial charge on any atom is 0.409 e. The molecule has 9 heteroatoms. The average molecular weight is 372 g/mol. The number of primary amides is 1. The molecular formula is C18H17FN4O4. The smallest absolute Gasteiger partial charge is 0.409 e. The second-order valence-electron chi connectivity index (χ2n) is 6.78. The number of nitrogens with zero attached hydrogens (tertiary/aromatic N) is 2. The molecule has 3 N–H and O–H groups in total. The lowest BCUT2D eigenvalue weighted by atomic mass is 9.85. The summed E-state index contributed by atoms with van der Waals surface area (Å²) in [5.41, 5.74) is 4.53. The van der Waals surface area contributed by atoms with Crippen molar-refractivity contribution in [3.63, 3.8) is 0 Å². The highest BCUT2D eigenvalue weighted by Gasteiger charge is 2.27. The van der Waals surface area contributed by atoms with E-state index in [1.807, 2.05) is 0 Å². The number of amides is 1. The molecule has 140 valence electrons. The van der Waals surface area contributed by atoms with Gasteiger partial charge in [-0.3, -0.25) is 4.79 Å². The van der Waals surface area contributed by atoms with Gasteiger partial charge in [-0.15, -0.1) is 0 Å². The number of aromatic nitrogens is 3. The number of nitrogens with two attached hydrogens (primary N) is 1. The molecule has 1 aromatic carbocycles. The normalized spacial score (nSPS) is 11.4. The Labute approximate surface area is 153 Å². The van der Waals surface area contributed by atoms with E-state index < -0.39 is 22.9 Å². The molecule has 3 rings (SSSR count). The maximum atomic E-state index is 15.2. The summed E-state index contributed by atoms with van der Waals surface area (Å²) in [5.74, 6) is -0.645. The number of carbonyl (C=O) groups is 1. The van der Waals surface area contributed by atoms with Crippen molar-refractivity contribution in [2.24, 2.45) is 5.73 Å². The number of ether oxygens (including phenoxy) is 2. The van der Waals surface area contributed by atoms with Crippen LogP contribution in [0.25, 0.3) is 11.2 Å². The quantitative estimate of drug-likeness (QED) is 0.729. The topological polar surface area (TPSA) is 120 Å². The number of hydrogen-bond acceptors (Lipinski definition) is 6. The zero-order chi connectivity index (χ0) is 19.8. The first-order valence-electron chi connectivity index (χ1n) is 7.99. The third-order valence-corrected chi connectivity index (χ3v) is 3.69. The van der Waals surface area contributed by atoms with Gasteiger partial charge in [0.05, 0.1) is 6.20 Å². The summed E-state index contributed by atoms with van der Waals surface area (Å²) in [6.07, 6.45) is 1.47. The van der Waals surface area contributed by atoms with Gasteiger partial charge in [-0.1, -0.05) is 20.8 Å². The molecule has 0 saturated carbocycles. The highest BCUT2D eigenvalue weighted by atomic mass is 19.1. The molecule has 2 heterocycles. The first kappa shape index (κ1) is 18.3. The molecule has 0 spiro atoms. The maximum absolute atomic E-state index is 15.2. The van der Waals surface area contributed by atoms with Gasteiger partial charge < -0.3 is 20.2 Å². The Morgan fingerprint density at radius 1 is 1.15 bits per heavy atom. The molecule has 0 atom stereocenters. The monoisotopic (exact) mass is 372 g/mol. The second kappa shape index (κ2) is 6.67. The van der Waals surface area contributed by atoms with Gasteiger partial charge >= 0.3 is 6.09 Å². The highest BCUT2D eigenvalue weighted by molar-refractivity contribution is 5.77. The number of hydrogen-bond donors (Lipinski definition) is 2. The molecule has 0 unspecified atom stereocenters. The second-order valence-corrected chi connectivity index (χ2v) is 6.78. The molecule has 3 aromatic rings. The van der Waals surface area contributed by atoms with Crippen molar-refractivity contribution in [1.29, 1.82) is 0 Å². The summed E-state index contributed by atoms with van der Waals surface area (Å²) >= 11 is 0. The number of H-pyrrole nitrogens is 1. The summed E-state index contributed by atoms with van der Waals surface area (Å²) in [7, 11) is 0. The third kappa shape index (κ3) is 3.71. The Balaban J connectivity index is 2.12.